The minimum atomic E-state index is -0.863. The van der Waals surface area contributed by atoms with Gasteiger partial charge in [0.1, 0.15) is 0 Å². The fourth-order valence-corrected chi connectivity index (χ4v) is 2.06. The Hall–Kier alpha value is -2.13. The number of carbonyl (C=O) groups is 1. The van der Waals surface area contributed by atoms with Crippen LogP contribution in [0.4, 0.5) is 0 Å². The van der Waals surface area contributed by atoms with Gasteiger partial charge in [-0.1, -0.05) is 54.6 Å². The van der Waals surface area contributed by atoms with Crippen LogP contribution in [-0.2, 0) is 4.79 Å². The molecule has 0 spiro atoms. The van der Waals surface area contributed by atoms with Crippen LogP contribution in [0.5, 0.6) is 0 Å². The first-order valence-electron chi connectivity index (χ1n) is 7.13. The van der Waals surface area contributed by atoms with Crippen molar-refractivity contribution in [3.8, 4) is 11.1 Å². The van der Waals surface area contributed by atoms with E-state index in [4.69, 9.17) is 5.73 Å². The van der Waals surface area contributed by atoms with E-state index in [1.165, 1.54) is 5.56 Å². The second-order valence-corrected chi connectivity index (χ2v) is 5.90. The lowest BCUT2D eigenvalue weighted by Crippen LogP contribution is -2.49. The molecule has 1 unspecified atom stereocenters. The first-order valence-corrected chi connectivity index (χ1v) is 7.13. The van der Waals surface area contributed by atoms with Crippen LogP contribution >= 0.6 is 0 Å². The Morgan fingerprint density at radius 3 is 2.05 bits per heavy atom. The highest BCUT2D eigenvalue weighted by atomic mass is 16.2. The Kier molecular flexibility index (Phi) is 4.43. The molecule has 2 rings (SSSR count). The molecule has 2 aromatic carbocycles. The second-order valence-electron chi connectivity index (χ2n) is 5.90. The van der Waals surface area contributed by atoms with Gasteiger partial charge in [-0.15, -0.1) is 0 Å². The van der Waals surface area contributed by atoms with Gasteiger partial charge >= 0.3 is 0 Å². The lowest BCUT2D eigenvalue weighted by atomic mass is 10.0. The molecule has 3 nitrogen and oxygen atoms in total. The van der Waals surface area contributed by atoms with E-state index in [-0.39, 0.29) is 11.9 Å². The van der Waals surface area contributed by atoms with Crippen molar-refractivity contribution in [3.63, 3.8) is 0 Å². The van der Waals surface area contributed by atoms with E-state index in [9.17, 15) is 4.79 Å². The van der Waals surface area contributed by atoms with Crippen LogP contribution < -0.4 is 11.1 Å². The summed E-state index contributed by atoms with van der Waals surface area (Å²) in [5, 5.41) is 2.93. The van der Waals surface area contributed by atoms with Crippen molar-refractivity contribution < 1.29 is 4.79 Å². The fraction of sp³-hybridized carbons (Fsp3) is 0.278. The molecule has 0 saturated heterocycles. The van der Waals surface area contributed by atoms with Crippen LogP contribution in [0.2, 0.25) is 0 Å². The molecule has 0 aliphatic carbocycles. The summed E-state index contributed by atoms with van der Waals surface area (Å²) in [6.07, 6.45) is 0. The van der Waals surface area contributed by atoms with Crippen molar-refractivity contribution in [1.29, 1.82) is 0 Å². The molecular formula is C18H22N2O. The topological polar surface area (TPSA) is 55.1 Å². The van der Waals surface area contributed by atoms with E-state index in [0.29, 0.717) is 0 Å². The normalized spacial score (nSPS) is 12.8. The molecule has 3 N–H and O–H groups in total. The highest BCUT2D eigenvalue weighted by Crippen LogP contribution is 2.21. The van der Waals surface area contributed by atoms with Crippen LogP contribution in [0.3, 0.4) is 0 Å². The average molecular weight is 282 g/mol. The van der Waals surface area contributed by atoms with Gasteiger partial charge in [0.2, 0.25) is 5.91 Å². The van der Waals surface area contributed by atoms with Crippen LogP contribution in [0.25, 0.3) is 11.1 Å². The van der Waals surface area contributed by atoms with E-state index < -0.39 is 5.54 Å². The van der Waals surface area contributed by atoms with Crippen molar-refractivity contribution in [1.82, 2.24) is 5.32 Å². The van der Waals surface area contributed by atoms with Crippen molar-refractivity contribution in [2.75, 3.05) is 0 Å². The van der Waals surface area contributed by atoms with Gasteiger partial charge in [0.15, 0.2) is 0 Å². The SMILES string of the molecule is CC(NC(=O)C(C)(C)N)c1ccc(-c2ccccc2)cc1. The molecule has 0 heterocycles. The number of amides is 1. The number of benzene rings is 2. The molecule has 1 amide bonds. The second kappa shape index (κ2) is 6.10. The highest BCUT2D eigenvalue weighted by molar-refractivity contribution is 5.85. The van der Waals surface area contributed by atoms with Gasteiger partial charge in [-0.25, -0.2) is 0 Å². The van der Waals surface area contributed by atoms with Gasteiger partial charge < -0.3 is 11.1 Å². The van der Waals surface area contributed by atoms with Crippen LogP contribution in [-0.4, -0.2) is 11.4 Å². The Morgan fingerprint density at radius 1 is 1.00 bits per heavy atom. The predicted octanol–water partition coefficient (Wildman–Crippen LogP) is 3.27. The maximum atomic E-state index is 11.9. The maximum Gasteiger partial charge on any atom is 0.239 e. The standard InChI is InChI=1S/C18H22N2O/c1-13(20-17(21)18(2,3)19)14-9-11-16(12-10-14)15-7-5-4-6-8-15/h4-13H,19H2,1-3H3,(H,20,21). The van der Waals surface area contributed by atoms with E-state index >= 15 is 0 Å². The molecule has 0 bridgehead atoms. The number of rotatable bonds is 4. The van der Waals surface area contributed by atoms with E-state index in [0.717, 1.165) is 11.1 Å². The molecular weight excluding hydrogens is 260 g/mol. The zero-order chi connectivity index (χ0) is 15.5. The first-order chi connectivity index (χ1) is 9.88. The fourth-order valence-electron chi connectivity index (χ4n) is 2.06. The van der Waals surface area contributed by atoms with Gasteiger partial charge in [0.25, 0.3) is 0 Å². The number of nitrogens with one attached hydrogen (secondary N) is 1. The first kappa shape index (κ1) is 15.3. The summed E-state index contributed by atoms with van der Waals surface area (Å²) in [4.78, 5) is 11.9. The summed E-state index contributed by atoms with van der Waals surface area (Å²) < 4.78 is 0. The zero-order valence-corrected chi connectivity index (χ0v) is 12.8. The zero-order valence-electron chi connectivity index (χ0n) is 12.8. The number of hydrogen-bond donors (Lipinski definition) is 2. The lowest BCUT2D eigenvalue weighted by molar-refractivity contribution is -0.125. The maximum absolute atomic E-state index is 11.9. The monoisotopic (exact) mass is 282 g/mol. The Labute approximate surface area is 126 Å². The summed E-state index contributed by atoms with van der Waals surface area (Å²) in [6.45, 7) is 5.36. The minimum Gasteiger partial charge on any atom is -0.348 e. The molecule has 0 fully saturated rings. The van der Waals surface area contributed by atoms with Gasteiger partial charge in [0.05, 0.1) is 11.6 Å². The molecule has 0 radical (unpaired) electrons. The summed E-state index contributed by atoms with van der Waals surface area (Å²) >= 11 is 0. The third-order valence-electron chi connectivity index (χ3n) is 3.45. The van der Waals surface area contributed by atoms with Crippen molar-refractivity contribution >= 4 is 5.91 Å². The van der Waals surface area contributed by atoms with Gasteiger partial charge in [-0.05, 0) is 37.5 Å². The van der Waals surface area contributed by atoms with Crippen LogP contribution in [0.15, 0.2) is 54.6 Å². The molecule has 0 aliphatic rings. The molecule has 110 valence electrons. The number of carbonyl (C=O) groups excluding carboxylic acids is 1. The summed E-state index contributed by atoms with van der Waals surface area (Å²) in [6, 6.07) is 18.4. The number of nitrogens with two attached hydrogens (primary N) is 1. The molecule has 0 aromatic heterocycles. The molecule has 0 saturated carbocycles. The van der Waals surface area contributed by atoms with Gasteiger partial charge in [-0.2, -0.15) is 0 Å². The average Bonchev–Trinajstić information content (AvgIpc) is 2.47. The van der Waals surface area contributed by atoms with E-state index in [2.05, 4.69) is 29.6 Å². The molecule has 0 aliphatic heterocycles. The van der Waals surface area contributed by atoms with E-state index in [1.807, 2.05) is 37.3 Å². The van der Waals surface area contributed by atoms with Crippen LogP contribution in [0.1, 0.15) is 32.4 Å². The number of hydrogen-bond acceptors (Lipinski definition) is 2. The quantitative estimate of drug-likeness (QED) is 0.904. The van der Waals surface area contributed by atoms with Crippen molar-refractivity contribution in [2.24, 2.45) is 5.73 Å². The van der Waals surface area contributed by atoms with E-state index in [1.54, 1.807) is 13.8 Å². The molecule has 1 atom stereocenters. The van der Waals surface area contributed by atoms with Crippen molar-refractivity contribution in [2.45, 2.75) is 32.4 Å². The lowest BCUT2D eigenvalue weighted by Gasteiger charge is -2.22. The highest BCUT2D eigenvalue weighted by Gasteiger charge is 2.23. The van der Waals surface area contributed by atoms with Gasteiger partial charge in [-0.3, -0.25) is 4.79 Å². The summed E-state index contributed by atoms with van der Waals surface area (Å²) in [5.41, 5.74) is 8.34. The Bertz CT molecular complexity index is 597. The van der Waals surface area contributed by atoms with Crippen LogP contribution in [0, 0.1) is 0 Å². The predicted molar refractivity (Wildman–Crippen MR) is 86.7 cm³/mol. The Morgan fingerprint density at radius 2 is 1.52 bits per heavy atom. The largest absolute Gasteiger partial charge is 0.348 e. The summed E-state index contributed by atoms with van der Waals surface area (Å²) in [5.74, 6) is -0.151. The Balaban J connectivity index is 2.10. The minimum absolute atomic E-state index is 0.0647. The van der Waals surface area contributed by atoms with Crippen molar-refractivity contribution in [3.05, 3.63) is 60.2 Å². The third-order valence-corrected chi connectivity index (χ3v) is 3.45. The smallest absolute Gasteiger partial charge is 0.239 e. The van der Waals surface area contributed by atoms with Gasteiger partial charge in [0, 0.05) is 0 Å². The third kappa shape index (κ3) is 3.92. The molecule has 2 aromatic rings. The molecule has 21 heavy (non-hydrogen) atoms. The summed E-state index contributed by atoms with van der Waals surface area (Å²) in [7, 11) is 0. The molecule has 3 heteroatoms.